The number of hydrogen-bond donors (Lipinski definition) is 3. The minimum atomic E-state index is -3.81. The van der Waals surface area contributed by atoms with Crippen LogP contribution in [0.5, 0.6) is 0 Å². The number of ether oxygens (including phenoxy) is 1. The van der Waals surface area contributed by atoms with Crippen molar-refractivity contribution in [2.24, 2.45) is 5.73 Å². The second kappa shape index (κ2) is 7.70. The molecule has 10 heteroatoms. The Kier molecular flexibility index (Phi) is 5.56. The van der Waals surface area contributed by atoms with Gasteiger partial charge in [0.05, 0.1) is 17.5 Å². The zero-order chi connectivity index (χ0) is 18.7. The summed E-state index contributed by atoms with van der Waals surface area (Å²) >= 11 is 0. The minimum Gasteiger partial charge on any atom is -0.364 e. The first-order chi connectivity index (χ1) is 12.4. The molecule has 0 aromatic heterocycles. The highest BCUT2D eigenvalue weighted by Crippen LogP contribution is 2.23. The fraction of sp³-hybridized carbons (Fsp3) is 0.500. The van der Waals surface area contributed by atoms with Gasteiger partial charge in [0, 0.05) is 25.3 Å². The molecule has 26 heavy (non-hydrogen) atoms. The molecule has 2 fully saturated rings. The van der Waals surface area contributed by atoms with Gasteiger partial charge < -0.3 is 21.1 Å². The molecule has 4 N–H and O–H groups in total. The van der Waals surface area contributed by atoms with Gasteiger partial charge >= 0.3 is 0 Å². The molecule has 0 aliphatic carbocycles. The SMILES string of the molecule is NC[C@H]1CC[C@@H](C(=O)Nc2cccc(S(=O)(=O)N3CCNC(=O)C3)c2)O1. The number of piperazine rings is 1. The van der Waals surface area contributed by atoms with Crippen LogP contribution in [0.3, 0.4) is 0 Å². The summed E-state index contributed by atoms with van der Waals surface area (Å²) in [5.41, 5.74) is 5.90. The van der Waals surface area contributed by atoms with Gasteiger partial charge in [0.15, 0.2) is 0 Å². The van der Waals surface area contributed by atoms with Gasteiger partial charge in [-0.3, -0.25) is 9.59 Å². The Hall–Kier alpha value is -2.01. The second-order valence-corrected chi connectivity index (χ2v) is 8.20. The van der Waals surface area contributed by atoms with Crippen LogP contribution >= 0.6 is 0 Å². The largest absolute Gasteiger partial charge is 0.364 e. The van der Waals surface area contributed by atoms with E-state index >= 15 is 0 Å². The van der Waals surface area contributed by atoms with Gasteiger partial charge in [0.25, 0.3) is 5.91 Å². The maximum atomic E-state index is 12.7. The van der Waals surface area contributed by atoms with Crippen molar-refractivity contribution in [3.05, 3.63) is 24.3 Å². The third kappa shape index (κ3) is 4.04. The van der Waals surface area contributed by atoms with Crippen LogP contribution in [0.2, 0.25) is 0 Å². The Bertz CT molecular complexity index is 798. The molecular formula is C16H22N4O5S. The summed E-state index contributed by atoms with van der Waals surface area (Å²) in [6, 6.07) is 5.98. The number of carbonyl (C=O) groups excluding carboxylic acids is 2. The standard InChI is InChI=1S/C16H22N4O5S/c17-9-12-4-5-14(25-12)16(22)19-11-2-1-3-13(8-11)26(23,24)20-7-6-18-15(21)10-20/h1-3,8,12,14H,4-7,9-10,17H2,(H,18,21)(H,19,22)/t12-,14+/m1/s1. The Morgan fingerprint density at radius 1 is 1.38 bits per heavy atom. The van der Waals surface area contributed by atoms with Crippen LogP contribution in [0.25, 0.3) is 0 Å². The average molecular weight is 382 g/mol. The number of sulfonamides is 1. The molecule has 2 aliphatic rings. The summed E-state index contributed by atoms with van der Waals surface area (Å²) in [7, 11) is -3.81. The molecule has 9 nitrogen and oxygen atoms in total. The molecule has 0 spiro atoms. The van der Waals surface area contributed by atoms with Gasteiger partial charge in [0.1, 0.15) is 6.10 Å². The third-order valence-corrected chi connectivity index (χ3v) is 6.25. The van der Waals surface area contributed by atoms with Crippen molar-refractivity contribution in [1.29, 1.82) is 0 Å². The number of rotatable bonds is 5. The van der Waals surface area contributed by atoms with Crippen LogP contribution in [0, 0.1) is 0 Å². The summed E-state index contributed by atoms with van der Waals surface area (Å²) in [6.07, 6.45) is 0.589. The smallest absolute Gasteiger partial charge is 0.253 e. The zero-order valence-electron chi connectivity index (χ0n) is 14.2. The molecule has 2 saturated heterocycles. The van der Waals surface area contributed by atoms with Crippen LogP contribution in [0.15, 0.2) is 29.2 Å². The van der Waals surface area contributed by atoms with E-state index in [1.807, 2.05) is 0 Å². The van der Waals surface area contributed by atoms with Crippen LogP contribution in [-0.2, 0) is 24.3 Å². The lowest BCUT2D eigenvalue weighted by Gasteiger charge is -2.26. The van der Waals surface area contributed by atoms with Crippen molar-refractivity contribution in [2.45, 2.75) is 29.9 Å². The third-order valence-electron chi connectivity index (χ3n) is 4.41. The maximum Gasteiger partial charge on any atom is 0.253 e. The highest BCUT2D eigenvalue weighted by molar-refractivity contribution is 7.89. The molecule has 3 rings (SSSR count). The van der Waals surface area contributed by atoms with Gasteiger partial charge in [-0.2, -0.15) is 4.31 Å². The number of anilines is 1. The lowest BCUT2D eigenvalue weighted by atomic mass is 10.2. The number of carbonyl (C=O) groups is 2. The molecule has 1 aromatic rings. The maximum absolute atomic E-state index is 12.7. The Morgan fingerprint density at radius 3 is 2.88 bits per heavy atom. The van der Waals surface area contributed by atoms with Crippen LogP contribution in [0.4, 0.5) is 5.69 Å². The Morgan fingerprint density at radius 2 is 2.19 bits per heavy atom. The number of nitrogens with one attached hydrogen (secondary N) is 2. The molecular weight excluding hydrogens is 360 g/mol. The normalized spacial score (nSPS) is 24.3. The van der Waals surface area contributed by atoms with Gasteiger partial charge in [-0.05, 0) is 31.0 Å². The highest BCUT2D eigenvalue weighted by atomic mass is 32.2. The van der Waals surface area contributed by atoms with E-state index in [1.165, 1.54) is 12.1 Å². The molecule has 0 saturated carbocycles. The van der Waals surface area contributed by atoms with Crippen molar-refractivity contribution in [3.8, 4) is 0 Å². The van der Waals surface area contributed by atoms with Crippen molar-refractivity contribution in [2.75, 3.05) is 31.5 Å². The van der Waals surface area contributed by atoms with Crippen LogP contribution in [0.1, 0.15) is 12.8 Å². The molecule has 2 atom stereocenters. The van der Waals surface area contributed by atoms with Gasteiger partial charge in [-0.1, -0.05) is 6.07 Å². The monoisotopic (exact) mass is 382 g/mol. The quantitative estimate of drug-likeness (QED) is 0.614. The highest BCUT2D eigenvalue weighted by Gasteiger charge is 2.31. The Balaban J connectivity index is 1.72. The first kappa shape index (κ1) is 18.8. The van der Waals surface area contributed by atoms with Gasteiger partial charge in [-0.15, -0.1) is 0 Å². The topological polar surface area (TPSA) is 131 Å². The van der Waals surface area contributed by atoms with E-state index in [9.17, 15) is 18.0 Å². The molecule has 2 aliphatic heterocycles. The van der Waals surface area contributed by atoms with Crippen LogP contribution in [-0.4, -0.2) is 62.9 Å². The van der Waals surface area contributed by atoms with E-state index in [4.69, 9.17) is 10.5 Å². The molecule has 2 heterocycles. The number of nitrogens with two attached hydrogens (primary N) is 1. The Labute approximate surface area is 151 Å². The summed E-state index contributed by atoms with van der Waals surface area (Å²) in [5.74, 6) is -0.662. The number of amides is 2. The number of hydrogen-bond acceptors (Lipinski definition) is 6. The van der Waals surface area contributed by atoms with Crippen molar-refractivity contribution in [1.82, 2.24) is 9.62 Å². The lowest BCUT2D eigenvalue weighted by molar-refractivity contribution is -0.126. The molecule has 0 radical (unpaired) electrons. The molecule has 0 unspecified atom stereocenters. The van der Waals surface area contributed by atoms with Crippen molar-refractivity contribution in [3.63, 3.8) is 0 Å². The first-order valence-electron chi connectivity index (χ1n) is 8.43. The van der Waals surface area contributed by atoms with Crippen molar-refractivity contribution >= 4 is 27.5 Å². The second-order valence-electron chi connectivity index (χ2n) is 6.27. The minimum absolute atomic E-state index is 0.0252. The lowest BCUT2D eigenvalue weighted by Crippen LogP contribution is -2.49. The van der Waals surface area contributed by atoms with E-state index in [0.29, 0.717) is 18.7 Å². The molecule has 0 bridgehead atoms. The summed E-state index contributed by atoms with van der Waals surface area (Å²) in [6.45, 7) is 0.632. The van der Waals surface area contributed by atoms with E-state index < -0.39 is 16.1 Å². The predicted molar refractivity (Wildman–Crippen MR) is 93.8 cm³/mol. The first-order valence-corrected chi connectivity index (χ1v) is 9.87. The predicted octanol–water partition coefficient (Wildman–Crippen LogP) is -0.748. The van der Waals surface area contributed by atoms with Gasteiger partial charge in [-0.25, -0.2) is 8.42 Å². The van der Waals surface area contributed by atoms with Gasteiger partial charge in [0.2, 0.25) is 15.9 Å². The molecule has 2 amide bonds. The van der Waals surface area contributed by atoms with Crippen molar-refractivity contribution < 1.29 is 22.7 Å². The summed E-state index contributed by atoms with van der Waals surface area (Å²) in [5, 5.41) is 5.27. The number of nitrogens with zero attached hydrogens (tertiary/aromatic N) is 1. The summed E-state index contributed by atoms with van der Waals surface area (Å²) < 4.78 is 32.1. The van der Waals surface area contributed by atoms with E-state index in [2.05, 4.69) is 10.6 Å². The molecule has 1 aromatic carbocycles. The van der Waals surface area contributed by atoms with E-state index in [0.717, 1.165) is 10.7 Å². The van der Waals surface area contributed by atoms with Crippen LogP contribution < -0.4 is 16.4 Å². The average Bonchev–Trinajstić information content (AvgIpc) is 3.11. The zero-order valence-corrected chi connectivity index (χ0v) is 15.0. The fourth-order valence-corrected chi connectivity index (χ4v) is 4.44. The van der Waals surface area contributed by atoms with E-state index in [-0.39, 0.29) is 42.4 Å². The number of benzene rings is 1. The fourth-order valence-electron chi connectivity index (χ4n) is 3.00. The summed E-state index contributed by atoms with van der Waals surface area (Å²) in [4.78, 5) is 23.8. The molecule has 142 valence electrons. The van der Waals surface area contributed by atoms with E-state index in [1.54, 1.807) is 12.1 Å².